The summed E-state index contributed by atoms with van der Waals surface area (Å²) in [5.41, 5.74) is 3.64. The molecule has 0 bridgehead atoms. The minimum atomic E-state index is 0.537. The molecule has 0 aliphatic heterocycles. The lowest BCUT2D eigenvalue weighted by Crippen LogP contribution is -2.06. The van der Waals surface area contributed by atoms with Gasteiger partial charge in [0.05, 0.1) is 16.8 Å². The number of ether oxygens (including phenoxy) is 1. The van der Waals surface area contributed by atoms with Crippen LogP contribution in [0.1, 0.15) is 25.0 Å². The highest BCUT2D eigenvalue weighted by atomic mass is 32.2. The molecule has 1 heterocycles. The van der Waals surface area contributed by atoms with Crippen molar-refractivity contribution in [3.05, 3.63) is 53.6 Å². The molecule has 0 aliphatic rings. The fraction of sp³-hybridized carbons (Fsp3) is 0.316. The fourth-order valence-electron chi connectivity index (χ4n) is 2.28. The van der Waals surface area contributed by atoms with E-state index in [1.807, 2.05) is 6.07 Å². The van der Waals surface area contributed by atoms with Crippen LogP contribution in [0.25, 0.3) is 10.2 Å². The van der Waals surface area contributed by atoms with Crippen molar-refractivity contribution in [2.75, 3.05) is 6.61 Å². The maximum atomic E-state index is 5.92. The van der Waals surface area contributed by atoms with Gasteiger partial charge in [-0.1, -0.05) is 49.9 Å². The van der Waals surface area contributed by atoms with Crippen LogP contribution in [-0.4, -0.2) is 11.6 Å². The minimum absolute atomic E-state index is 0.537. The van der Waals surface area contributed by atoms with Gasteiger partial charge in [-0.3, -0.25) is 0 Å². The lowest BCUT2D eigenvalue weighted by molar-refractivity contribution is 0.269. The van der Waals surface area contributed by atoms with Gasteiger partial charge < -0.3 is 4.74 Å². The molecule has 2 aromatic carbocycles. The van der Waals surface area contributed by atoms with E-state index in [9.17, 15) is 0 Å². The molecule has 0 spiro atoms. The Morgan fingerprint density at radius 1 is 1.13 bits per heavy atom. The van der Waals surface area contributed by atoms with Crippen molar-refractivity contribution >= 4 is 33.3 Å². The number of rotatable bonds is 6. The summed E-state index contributed by atoms with van der Waals surface area (Å²) in [5, 5.41) is 0. The number of thioether (sulfide) groups is 1. The molecule has 0 aliphatic carbocycles. The minimum Gasteiger partial charge on any atom is -0.493 e. The monoisotopic (exact) mass is 343 g/mol. The molecule has 2 nitrogen and oxygen atoms in total. The Bertz CT molecular complexity index is 762. The lowest BCUT2D eigenvalue weighted by atomic mass is 10.1. The van der Waals surface area contributed by atoms with Crippen LogP contribution in [0.5, 0.6) is 5.75 Å². The zero-order valence-corrected chi connectivity index (χ0v) is 15.3. The molecule has 3 rings (SSSR count). The van der Waals surface area contributed by atoms with E-state index in [2.05, 4.69) is 62.2 Å². The molecule has 0 atom stereocenters. The first kappa shape index (κ1) is 16.3. The van der Waals surface area contributed by atoms with Gasteiger partial charge in [0.2, 0.25) is 0 Å². The van der Waals surface area contributed by atoms with E-state index < -0.39 is 0 Å². The van der Waals surface area contributed by atoms with E-state index in [0.717, 1.165) is 28.0 Å². The van der Waals surface area contributed by atoms with Crippen LogP contribution in [0, 0.1) is 12.8 Å². The number of thiazole rings is 1. The van der Waals surface area contributed by atoms with Gasteiger partial charge in [0.25, 0.3) is 0 Å². The van der Waals surface area contributed by atoms with Crippen LogP contribution in [-0.2, 0) is 5.75 Å². The predicted octanol–water partition coefficient (Wildman–Crippen LogP) is 5.93. The molecule has 0 N–H and O–H groups in total. The highest BCUT2D eigenvalue weighted by molar-refractivity contribution is 8.00. The van der Waals surface area contributed by atoms with Crippen molar-refractivity contribution in [3.8, 4) is 5.75 Å². The molecule has 0 saturated heterocycles. The number of fused-ring (bicyclic) bond motifs is 1. The van der Waals surface area contributed by atoms with Crippen molar-refractivity contribution in [2.45, 2.75) is 30.9 Å². The fourth-order valence-corrected chi connectivity index (χ4v) is 4.41. The van der Waals surface area contributed by atoms with E-state index in [1.165, 1.54) is 15.8 Å². The first-order valence-corrected chi connectivity index (χ1v) is 9.63. The summed E-state index contributed by atoms with van der Waals surface area (Å²) >= 11 is 3.56. The number of benzene rings is 2. The van der Waals surface area contributed by atoms with Crippen molar-refractivity contribution in [3.63, 3.8) is 0 Å². The second-order valence-electron chi connectivity index (χ2n) is 5.98. The summed E-state index contributed by atoms with van der Waals surface area (Å²) in [7, 11) is 0. The third-order valence-corrected chi connectivity index (χ3v) is 5.82. The predicted molar refractivity (Wildman–Crippen MR) is 101 cm³/mol. The topological polar surface area (TPSA) is 22.1 Å². The Balaban J connectivity index is 1.71. The van der Waals surface area contributed by atoms with Gasteiger partial charge in [0, 0.05) is 5.75 Å². The molecular weight excluding hydrogens is 322 g/mol. The Hall–Kier alpha value is -1.52. The van der Waals surface area contributed by atoms with Crippen molar-refractivity contribution < 1.29 is 4.74 Å². The average molecular weight is 344 g/mol. The van der Waals surface area contributed by atoms with Crippen LogP contribution in [0.4, 0.5) is 0 Å². The number of aromatic nitrogens is 1. The summed E-state index contributed by atoms with van der Waals surface area (Å²) in [6.45, 7) is 7.24. The van der Waals surface area contributed by atoms with Gasteiger partial charge >= 0.3 is 0 Å². The van der Waals surface area contributed by atoms with E-state index >= 15 is 0 Å². The molecule has 120 valence electrons. The molecule has 0 saturated carbocycles. The van der Waals surface area contributed by atoms with E-state index in [-0.39, 0.29) is 0 Å². The molecule has 0 fully saturated rings. The van der Waals surface area contributed by atoms with Gasteiger partial charge in [-0.05, 0) is 42.2 Å². The SMILES string of the molecule is Cc1c(CSc2nc3ccccc3s2)cccc1OCC(C)C. The first-order valence-electron chi connectivity index (χ1n) is 7.83. The summed E-state index contributed by atoms with van der Waals surface area (Å²) in [6.07, 6.45) is 0. The quantitative estimate of drug-likeness (QED) is 0.518. The number of nitrogens with zero attached hydrogens (tertiary/aromatic N) is 1. The second-order valence-corrected chi connectivity index (χ2v) is 8.23. The first-order chi connectivity index (χ1) is 11.1. The molecule has 0 unspecified atom stereocenters. The van der Waals surface area contributed by atoms with Crippen LogP contribution in [0.2, 0.25) is 0 Å². The highest BCUT2D eigenvalue weighted by Gasteiger charge is 2.09. The Labute approximate surface area is 145 Å². The molecule has 3 aromatic rings. The van der Waals surface area contributed by atoms with Gasteiger partial charge in [-0.2, -0.15) is 0 Å². The van der Waals surface area contributed by atoms with E-state index in [1.54, 1.807) is 23.1 Å². The number of hydrogen-bond donors (Lipinski definition) is 0. The Kier molecular flexibility index (Phi) is 5.23. The number of hydrogen-bond acceptors (Lipinski definition) is 4. The highest BCUT2D eigenvalue weighted by Crippen LogP contribution is 2.33. The van der Waals surface area contributed by atoms with Crippen molar-refractivity contribution in [2.24, 2.45) is 5.92 Å². The van der Waals surface area contributed by atoms with Crippen LogP contribution >= 0.6 is 23.1 Å². The molecular formula is C19H21NOS2. The smallest absolute Gasteiger partial charge is 0.151 e. The maximum Gasteiger partial charge on any atom is 0.151 e. The zero-order chi connectivity index (χ0) is 16.2. The summed E-state index contributed by atoms with van der Waals surface area (Å²) in [6, 6.07) is 14.6. The summed E-state index contributed by atoms with van der Waals surface area (Å²) in [4.78, 5) is 4.69. The molecule has 1 aromatic heterocycles. The molecule has 0 radical (unpaired) electrons. The van der Waals surface area contributed by atoms with Gasteiger partial charge in [0.15, 0.2) is 4.34 Å². The average Bonchev–Trinajstić information content (AvgIpc) is 2.95. The largest absolute Gasteiger partial charge is 0.493 e. The summed E-state index contributed by atoms with van der Waals surface area (Å²) < 4.78 is 8.29. The maximum absolute atomic E-state index is 5.92. The third-order valence-electron chi connectivity index (χ3n) is 3.59. The normalized spacial score (nSPS) is 11.3. The Morgan fingerprint density at radius 2 is 1.96 bits per heavy atom. The van der Waals surface area contributed by atoms with Gasteiger partial charge in [-0.25, -0.2) is 4.98 Å². The second kappa shape index (κ2) is 7.37. The third kappa shape index (κ3) is 4.06. The van der Waals surface area contributed by atoms with E-state index in [4.69, 9.17) is 4.74 Å². The zero-order valence-electron chi connectivity index (χ0n) is 13.7. The molecule has 4 heteroatoms. The van der Waals surface area contributed by atoms with E-state index in [0.29, 0.717) is 5.92 Å². The van der Waals surface area contributed by atoms with Crippen LogP contribution in [0.15, 0.2) is 46.8 Å². The molecule has 23 heavy (non-hydrogen) atoms. The van der Waals surface area contributed by atoms with Crippen LogP contribution in [0.3, 0.4) is 0 Å². The molecule has 0 amide bonds. The number of para-hydroxylation sites is 1. The van der Waals surface area contributed by atoms with Crippen molar-refractivity contribution in [1.82, 2.24) is 4.98 Å². The standard InChI is InChI=1S/C19H21NOS2/c1-13(2)11-21-17-9-6-7-15(14(17)3)12-22-19-20-16-8-4-5-10-18(16)23-19/h4-10,13H,11-12H2,1-3H3. The Morgan fingerprint density at radius 3 is 2.74 bits per heavy atom. The lowest BCUT2D eigenvalue weighted by Gasteiger charge is -2.13. The van der Waals surface area contributed by atoms with Crippen LogP contribution < -0.4 is 4.74 Å². The summed E-state index contributed by atoms with van der Waals surface area (Å²) in [5.74, 6) is 2.46. The van der Waals surface area contributed by atoms with Crippen molar-refractivity contribution in [1.29, 1.82) is 0 Å². The van der Waals surface area contributed by atoms with Gasteiger partial charge in [-0.15, -0.1) is 11.3 Å². The van der Waals surface area contributed by atoms with Gasteiger partial charge in [0.1, 0.15) is 5.75 Å².